The Morgan fingerprint density at radius 2 is 2.12 bits per heavy atom. The molecule has 3 heteroatoms. The van der Waals surface area contributed by atoms with Crippen LogP contribution in [0.4, 0.5) is 0 Å². The van der Waals surface area contributed by atoms with E-state index in [-0.39, 0.29) is 0 Å². The summed E-state index contributed by atoms with van der Waals surface area (Å²) in [6.45, 7) is 6.99. The van der Waals surface area contributed by atoms with Crippen LogP contribution in [0.1, 0.15) is 51.0 Å². The van der Waals surface area contributed by atoms with E-state index in [9.17, 15) is 0 Å². The molecule has 96 valence electrons. The molecule has 1 aromatic rings. The lowest BCUT2D eigenvalue weighted by molar-refractivity contribution is 0.217. The van der Waals surface area contributed by atoms with Gasteiger partial charge in [-0.25, -0.2) is 0 Å². The SMILES string of the molecule is CC1CCC(NC(C)c2ccc(Cl)s2)C(C)C1. The van der Waals surface area contributed by atoms with Crippen molar-refractivity contribution in [1.82, 2.24) is 5.32 Å². The smallest absolute Gasteiger partial charge is 0.0931 e. The molecule has 0 spiro atoms. The van der Waals surface area contributed by atoms with Gasteiger partial charge < -0.3 is 5.32 Å². The van der Waals surface area contributed by atoms with Crippen molar-refractivity contribution in [3.8, 4) is 0 Å². The fourth-order valence-corrected chi connectivity index (χ4v) is 3.95. The summed E-state index contributed by atoms with van der Waals surface area (Å²) < 4.78 is 0.888. The average Bonchev–Trinajstić information content (AvgIpc) is 2.69. The molecule has 1 aromatic heterocycles. The highest BCUT2D eigenvalue weighted by atomic mass is 35.5. The van der Waals surface area contributed by atoms with Crippen LogP contribution in [-0.2, 0) is 0 Å². The monoisotopic (exact) mass is 271 g/mol. The van der Waals surface area contributed by atoms with Gasteiger partial charge in [-0.05, 0) is 50.2 Å². The van der Waals surface area contributed by atoms with Crippen LogP contribution in [0, 0.1) is 11.8 Å². The van der Waals surface area contributed by atoms with Gasteiger partial charge in [-0.15, -0.1) is 11.3 Å². The normalized spacial score (nSPS) is 31.4. The molecule has 0 amide bonds. The maximum atomic E-state index is 5.99. The molecule has 1 heterocycles. The second kappa shape index (κ2) is 5.73. The molecule has 4 unspecified atom stereocenters. The van der Waals surface area contributed by atoms with Crippen LogP contribution in [0.15, 0.2) is 12.1 Å². The second-order valence-corrected chi connectivity index (χ2v) is 7.28. The maximum Gasteiger partial charge on any atom is 0.0931 e. The zero-order valence-electron chi connectivity index (χ0n) is 10.9. The highest BCUT2D eigenvalue weighted by Crippen LogP contribution is 2.32. The highest BCUT2D eigenvalue weighted by molar-refractivity contribution is 7.16. The molecule has 0 radical (unpaired) electrons. The summed E-state index contributed by atoms with van der Waals surface area (Å²) in [5, 5.41) is 3.77. The van der Waals surface area contributed by atoms with Gasteiger partial charge in [0.1, 0.15) is 0 Å². The van der Waals surface area contributed by atoms with Gasteiger partial charge in [0.2, 0.25) is 0 Å². The lowest BCUT2D eigenvalue weighted by Crippen LogP contribution is -2.40. The number of hydrogen-bond donors (Lipinski definition) is 1. The number of thiophene rings is 1. The third kappa shape index (κ3) is 3.46. The molecular weight excluding hydrogens is 250 g/mol. The Kier molecular flexibility index (Phi) is 4.51. The predicted octanol–water partition coefficient (Wildman–Crippen LogP) is 4.88. The maximum absolute atomic E-state index is 5.99. The van der Waals surface area contributed by atoms with Crippen LogP contribution in [0.2, 0.25) is 4.34 Å². The zero-order chi connectivity index (χ0) is 12.4. The molecule has 2 rings (SSSR count). The van der Waals surface area contributed by atoms with Crippen molar-refractivity contribution < 1.29 is 0 Å². The van der Waals surface area contributed by atoms with Crippen molar-refractivity contribution in [1.29, 1.82) is 0 Å². The first-order valence-electron chi connectivity index (χ1n) is 6.57. The fraction of sp³-hybridized carbons (Fsp3) is 0.714. The molecule has 1 nitrogen and oxygen atoms in total. The van der Waals surface area contributed by atoms with Crippen molar-refractivity contribution in [2.24, 2.45) is 11.8 Å². The number of hydrogen-bond acceptors (Lipinski definition) is 2. The highest BCUT2D eigenvalue weighted by Gasteiger charge is 2.26. The van der Waals surface area contributed by atoms with Crippen LogP contribution in [0.3, 0.4) is 0 Å². The fourth-order valence-electron chi connectivity index (χ4n) is 2.88. The molecule has 1 N–H and O–H groups in total. The first-order valence-corrected chi connectivity index (χ1v) is 7.77. The first kappa shape index (κ1) is 13.4. The van der Waals surface area contributed by atoms with Crippen LogP contribution < -0.4 is 5.32 Å². The summed E-state index contributed by atoms with van der Waals surface area (Å²) in [4.78, 5) is 1.35. The van der Waals surface area contributed by atoms with Crippen LogP contribution in [-0.4, -0.2) is 6.04 Å². The van der Waals surface area contributed by atoms with E-state index < -0.39 is 0 Å². The van der Waals surface area contributed by atoms with Crippen molar-refractivity contribution in [2.45, 2.75) is 52.1 Å². The standard InChI is InChI=1S/C14H22ClNS/c1-9-4-5-12(10(2)8-9)16-11(3)13-6-7-14(15)17-13/h6-7,9-12,16H,4-5,8H2,1-3H3. The molecule has 0 aromatic carbocycles. The van der Waals surface area contributed by atoms with Gasteiger partial charge in [-0.2, -0.15) is 0 Å². The summed E-state index contributed by atoms with van der Waals surface area (Å²) in [5.74, 6) is 1.69. The van der Waals surface area contributed by atoms with Gasteiger partial charge in [0.05, 0.1) is 4.34 Å². The van der Waals surface area contributed by atoms with Gasteiger partial charge in [0.25, 0.3) is 0 Å². The third-order valence-corrected chi connectivity index (χ3v) is 5.33. The molecule has 1 saturated carbocycles. The number of rotatable bonds is 3. The van der Waals surface area contributed by atoms with Gasteiger partial charge in [0.15, 0.2) is 0 Å². The van der Waals surface area contributed by atoms with E-state index in [0.29, 0.717) is 12.1 Å². The van der Waals surface area contributed by atoms with Crippen LogP contribution in [0.5, 0.6) is 0 Å². The summed E-state index contributed by atoms with van der Waals surface area (Å²) in [6.07, 6.45) is 4.03. The van der Waals surface area contributed by atoms with E-state index in [4.69, 9.17) is 11.6 Å². The first-order chi connectivity index (χ1) is 8.06. The average molecular weight is 272 g/mol. The van der Waals surface area contributed by atoms with Gasteiger partial charge in [0, 0.05) is 17.0 Å². The Balaban J connectivity index is 1.92. The molecule has 1 aliphatic carbocycles. The van der Waals surface area contributed by atoms with E-state index in [2.05, 4.69) is 32.2 Å². The molecule has 0 saturated heterocycles. The summed E-state index contributed by atoms with van der Waals surface area (Å²) in [5.41, 5.74) is 0. The van der Waals surface area contributed by atoms with Crippen molar-refractivity contribution >= 4 is 22.9 Å². The van der Waals surface area contributed by atoms with E-state index in [1.165, 1.54) is 24.1 Å². The van der Waals surface area contributed by atoms with E-state index in [0.717, 1.165) is 16.2 Å². The zero-order valence-corrected chi connectivity index (χ0v) is 12.4. The topological polar surface area (TPSA) is 12.0 Å². The van der Waals surface area contributed by atoms with Crippen molar-refractivity contribution in [3.05, 3.63) is 21.3 Å². The lowest BCUT2D eigenvalue weighted by atomic mass is 9.79. The minimum absolute atomic E-state index is 0.424. The van der Waals surface area contributed by atoms with Crippen molar-refractivity contribution in [2.75, 3.05) is 0 Å². The van der Waals surface area contributed by atoms with Crippen LogP contribution in [0.25, 0.3) is 0 Å². The molecule has 17 heavy (non-hydrogen) atoms. The molecule has 0 aliphatic heterocycles. The van der Waals surface area contributed by atoms with E-state index in [1.54, 1.807) is 11.3 Å². The largest absolute Gasteiger partial charge is 0.306 e. The Morgan fingerprint density at radius 1 is 1.35 bits per heavy atom. The minimum Gasteiger partial charge on any atom is -0.306 e. The Hall–Kier alpha value is -0.0500. The second-order valence-electron chi connectivity index (χ2n) is 5.53. The van der Waals surface area contributed by atoms with Crippen molar-refractivity contribution in [3.63, 3.8) is 0 Å². The van der Waals surface area contributed by atoms with E-state index in [1.807, 2.05) is 6.07 Å². The summed E-state index contributed by atoms with van der Waals surface area (Å²) in [7, 11) is 0. The van der Waals surface area contributed by atoms with Crippen LogP contribution >= 0.6 is 22.9 Å². The molecule has 4 atom stereocenters. The molecular formula is C14H22ClNS. The Bertz CT molecular complexity index is 363. The molecule has 0 bridgehead atoms. The lowest BCUT2D eigenvalue weighted by Gasteiger charge is -2.35. The summed E-state index contributed by atoms with van der Waals surface area (Å²) in [6, 6.07) is 5.22. The molecule has 1 aliphatic rings. The summed E-state index contributed by atoms with van der Waals surface area (Å²) >= 11 is 7.67. The van der Waals surface area contributed by atoms with E-state index >= 15 is 0 Å². The molecule has 1 fully saturated rings. The number of nitrogens with one attached hydrogen (secondary N) is 1. The number of halogens is 1. The Labute approximate surface area is 114 Å². The van der Waals surface area contributed by atoms with Gasteiger partial charge >= 0.3 is 0 Å². The predicted molar refractivity (Wildman–Crippen MR) is 76.8 cm³/mol. The third-order valence-electron chi connectivity index (χ3n) is 3.92. The van der Waals surface area contributed by atoms with Gasteiger partial charge in [-0.1, -0.05) is 25.4 Å². The quantitative estimate of drug-likeness (QED) is 0.826. The van der Waals surface area contributed by atoms with Gasteiger partial charge in [-0.3, -0.25) is 0 Å². The minimum atomic E-state index is 0.424. The Morgan fingerprint density at radius 3 is 2.71 bits per heavy atom.